The van der Waals surface area contributed by atoms with Crippen LogP contribution in [0.5, 0.6) is 0 Å². The van der Waals surface area contributed by atoms with Gasteiger partial charge in [-0.2, -0.15) is 0 Å². The molecule has 2 saturated carbocycles. The van der Waals surface area contributed by atoms with Crippen molar-refractivity contribution in [2.45, 2.75) is 39.0 Å². The summed E-state index contributed by atoms with van der Waals surface area (Å²) in [7, 11) is 0. The van der Waals surface area contributed by atoms with Crippen LogP contribution in [0.3, 0.4) is 0 Å². The molecule has 66 valence electrons. The molecule has 0 aromatic heterocycles. The maximum Gasteiger partial charge on any atom is 0.139 e. The van der Waals surface area contributed by atoms with Gasteiger partial charge in [-0.05, 0) is 18.8 Å². The van der Waals surface area contributed by atoms with Crippen LogP contribution >= 0.6 is 0 Å². The van der Waals surface area contributed by atoms with E-state index in [-0.39, 0.29) is 5.41 Å². The quantitative estimate of drug-likeness (QED) is 0.549. The van der Waals surface area contributed by atoms with Crippen LogP contribution in [-0.2, 0) is 9.59 Å². The van der Waals surface area contributed by atoms with Crippen molar-refractivity contribution in [2.75, 3.05) is 0 Å². The largest absolute Gasteiger partial charge is 0.300 e. The Balaban J connectivity index is 2.24. The molecule has 2 nitrogen and oxygen atoms in total. The lowest BCUT2D eigenvalue weighted by atomic mass is 9.69. The molecule has 0 radical (unpaired) electrons. The first kappa shape index (κ1) is 7.96. The summed E-state index contributed by atoms with van der Waals surface area (Å²) in [6.07, 6.45) is 3.73. The van der Waals surface area contributed by atoms with Crippen molar-refractivity contribution in [2.24, 2.45) is 11.3 Å². The Bertz CT molecular complexity index is 244. The highest BCUT2D eigenvalue weighted by molar-refractivity contribution is 5.91. The van der Waals surface area contributed by atoms with E-state index in [2.05, 4.69) is 0 Å². The van der Waals surface area contributed by atoms with E-state index in [1.165, 1.54) is 0 Å². The lowest BCUT2D eigenvalue weighted by Crippen LogP contribution is -2.35. The van der Waals surface area contributed by atoms with Gasteiger partial charge in [0.25, 0.3) is 0 Å². The Morgan fingerprint density at radius 1 is 1.33 bits per heavy atom. The van der Waals surface area contributed by atoms with E-state index >= 15 is 0 Å². The summed E-state index contributed by atoms with van der Waals surface area (Å²) in [4.78, 5) is 22.7. The van der Waals surface area contributed by atoms with Gasteiger partial charge in [0, 0.05) is 24.7 Å². The lowest BCUT2D eigenvalue weighted by molar-refractivity contribution is -0.131. The maximum absolute atomic E-state index is 11.5. The number of fused-ring (bicyclic) bond motifs is 1. The molecule has 12 heavy (non-hydrogen) atoms. The van der Waals surface area contributed by atoms with Gasteiger partial charge in [-0.1, -0.05) is 6.92 Å². The van der Waals surface area contributed by atoms with E-state index < -0.39 is 0 Å². The van der Waals surface area contributed by atoms with Gasteiger partial charge in [-0.25, -0.2) is 0 Å². The molecule has 0 saturated heterocycles. The average molecular weight is 166 g/mol. The minimum Gasteiger partial charge on any atom is -0.300 e. The summed E-state index contributed by atoms with van der Waals surface area (Å²) >= 11 is 0. The molecule has 2 rings (SSSR count). The van der Waals surface area contributed by atoms with Crippen LogP contribution in [0.4, 0.5) is 0 Å². The average Bonchev–Trinajstić information content (AvgIpc) is 2.31. The molecule has 2 fully saturated rings. The van der Waals surface area contributed by atoms with Gasteiger partial charge in [0.1, 0.15) is 11.6 Å². The first-order valence-corrected chi connectivity index (χ1v) is 4.68. The first-order valence-electron chi connectivity index (χ1n) is 4.68. The molecule has 0 aliphatic heterocycles. The van der Waals surface area contributed by atoms with E-state index in [1.807, 2.05) is 6.92 Å². The van der Waals surface area contributed by atoms with Gasteiger partial charge in [-0.3, -0.25) is 9.59 Å². The summed E-state index contributed by atoms with van der Waals surface area (Å²) < 4.78 is 0. The van der Waals surface area contributed by atoms with Crippen LogP contribution in [0, 0.1) is 11.3 Å². The highest BCUT2D eigenvalue weighted by atomic mass is 16.1. The molecule has 2 atom stereocenters. The van der Waals surface area contributed by atoms with Gasteiger partial charge in [0.15, 0.2) is 0 Å². The van der Waals surface area contributed by atoms with Crippen molar-refractivity contribution in [1.82, 2.24) is 0 Å². The Morgan fingerprint density at radius 2 is 2.08 bits per heavy atom. The van der Waals surface area contributed by atoms with E-state index in [0.717, 1.165) is 12.8 Å². The van der Waals surface area contributed by atoms with Crippen LogP contribution in [0.1, 0.15) is 39.0 Å². The number of hydrogen-bond donors (Lipinski definition) is 0. The van der Waals surface area contributed by atoms with Crippen LogP contribution in [0.2, 0.25) is 0 Å². The molecule has 0 spiro atoms. The second-order valence-corrected chi connectivity index (χ2v) is 4.32. The maximum atomic E-state index is 11.5. The van der Waals surface area contributed by atoms with Gasteiger partial charge in [0.2, 0.25) is 0 Å². The van der Waals surface area contributed by atoms with Crippen molar-refractivity contribution in [3.63, 3.8) is 0 Å². The highest BCUT2D eigenvalue weighted by Gasteiger charge is 2.48. The Morgan fingerprint density at radius 3 is 2.83 bits per heavy atom. The molecule has 0 aromatic rings. The van der Waals surface area contributed by atoms with Crippen molar-refractivity contribution in [3.05, 3.63) is 0 Å². The smallest absolute Gasteiger partial charge is 0.139 e. The molecule has 0 heterocycles. The Kier molecular flexibility index (Phi) is 1.60. The molecule has 2 aliphatic rings. The normalized spacial score (nSPS) is 41.6. The molecular weight excluding hydrogens is 152 g/mol. The second kappa shape index (κ2) is 2.41. The zero-order valence-corrected chi connectivity index (χ0v) is 7.43. The summed E-state index contributed by atoms with van der Waals surface area (Å²) in [5, 5.41) is 0. The number of carbonyl (C=O) groups excluding carboxylic acids is 2. The molecule has 0 bridgehead atoms. The number of hydrogen-bond acceptors (Lipinski definition) is 2. The predicted molar refractivity (Wildman–Crippen MR) is 44.7 cm³/mol. The van der Waals surface area contributed by atoms with Gasteiger partial charge < -0.3 is 0 Å². The Hall–Kier alpha value is -0.660. The van der Waals surface area contributed by atoms with Gasteiger partial charge >= 0.3 is 0 Å². The van der Waals surface area contributed by atoms with Crippen LogP contribution in [0.15, 0.2) is 0 Å². The molecule has 0 amide bonds. The van der Waals surface area contributed by atoms with Gasteiger partial charge in [-0.15, -0.1) is 0 Å². The number of ketones is 2. The molecular formula is C10H14O2. The zero-order chi connectivity index (χ0) is 8.77. The summed E-state index contributed by atoms with van der Waals surface area (Å²) in [5.41, 5.74) is -0.131. The summed E-state index contributed by atoms with van der Waals surface area (Å²) in [5.74, 6) is 1.11. The molecule has 2 heteroatoms. The number of rotatable bonds is 0. The fourth-order valence-corrected chi connectivity index (χ4v) is 2.58. The Labute approximate surface area is 72.3 Å². The summed E-state index contributed by atoms with van der Waals surface area (Å²) in [6.45, 7) is 2.04. The minimum absolute atomic E-state index is 0.131. The second-order valence-electron chi connectivity index (χ2n) is 4.32. The van der Waals surface area contributed by atoms with Crippen LogP contribution < -0.4 is 0 Å². The molecule has 0 aromatic carbocycles. The van der Waals surface area contributed by atoms with E-state index in [1.54, 1.807) is 0 Å². The van der Waals surface area contributed by atoms with Crippen LogP contribution in [0.25, 0.3) is 0 Å². The van der Waals surface area contributed by atoms with Crippen molar-refractivity contribution in [3.8, 4) is 0 Å². The standard InChI is InChI=1S/C10H14O2/c1-10-5-4-8(11)6-7(10)2-3-9(10)12/h7H,2-6H2,1H3/t7-,10+/m1/s1. The summed E-state index contributed by atoms with van der Waals surface area (Å²) in [6, 6.07) is 0. The first-order chi connectivity index (χ1) is 5.63. The zero-order valence-electron chi connectivity index (χ0n) is 7.43. The molecule has 0 unspecified atom stereocenters. The van der Waals surface area contributed by atoms with E-state index in [4.69, 9.17) is 0 Å². The fraction of sp³-hybridized carbons (Fsp3) is 0.800. The number of carbonyl (C=O) groups is 2. The SMILES string of the molecule is C[C@]12CCC(=O)C[C@H]1CCC2=O. The highest BCUT2D eigenvalue weighted by Crippen LogP contribution is 2.48. The third kappa shape index (κ3) is 0.936. The number of Topliss-reactive ketones (excluding diaryl/α,β-unsaturated/α-hetero) is 2. The molecule has 2 aliphatic carbocycles. The lowest BCUT2D eigenvalue weighted by Gasteiger charge is -2.33. The van der Waals surface area contributed by atoms with E-state index in [9.17, 15) is 9.59 Å². The minimum atomic E-state index is -0.131. The monoisotopic (exact) mass is 166 g/mol. The molecule has 0 N–H and O–H groups in total. The third-order valence-electron chi connectivity index (χ3n) is 3.66. The van der Waals surface area contributed by atoms with Crippen molar-refractivity contribution in [1.29, 1.82) is 0 Å². The fourth-order valence-electron chi connectivity index (χ4n) is 2.58. The van der Waals surface area contributed by atoms with Crippen molar-refractivity contribution >= 4 is 11.6 Å². The van der Waals surface area contributed by atoms with Crippen molar-refractivity contribution < 1.29 is 9.59 Å². The third-order valence-corrected chi connectivity index (χ3v) is 3.66. The van der Waals surface area contributed by atoms with Crippen LogP contribution in [-0.4, -0.2) is 11.6 Å². The van der Waals surface area contributed by atoms with Gasteiger partial charge in [0.05, 0.1) is 0 Å². The van der Waals surface area contributed by atoms with E-state index in [0.29, 0.717) is 36.7 Å². The topological polar surface area (TPSA) is 34.1 Å². The predicted octanol–water partition coefficient (Wildman–Crippen LogP) is 1.72.